The van der Waals surface area contributed by atoms with Crippen LogP contribution in [0.5, 0.6) is 0 Å². The van der Waals surface area contributed by atoms with Gasteiger partial charge in [0.05, 0.1) is 34.7 Å². The Morgan fingerprint density at radius 2 is 2.21 bits per heavy atom. The number of carbonyl (C=O) groups is 1. The number of hydrogen-bond acceptors (Lipinski definition) is 4. The van der Waals surface area contributed by atoms with Crippen LogP contribution in [0.1, 0.15) is 21.7 Å². The van der Waals surface area contributed by atoms with Gasteiger partial charge in [0.2, 0.25) is 0 Å². The Hall–Kier alpha value is -2.21. The van der Waals surface area contributed by atoms with Crippen molar-refractivity contribution in [1.82, 2.24) is 14.5 Å². The summed E-state index contributed by atoms with van der Waals surface area (Å²) in [5, 5.41) is 8.26. The highest BCUT2D eigenvalue weighted by Crippen LogP contribution is 2.08. The van der Waals surface area contributed by atoms with Crippen molar-refractivity contribution in [3.05, 3.63) is 52.1 Å². The monoisotopic (exact) mass is 277 g/mol. The van der Waals surface area contributed by atoms with Gasteiger partial charge in [-0.1, -0.05) is 11.6 Å². The fourth-order valence-corrected chi connectivity index (χ4v) is 1.83. The third-order valence-electron chi connectivity index (χ3n) is 2.54. The lowest BCUT2D eigenvalue weighted by atomic mass is 10.2. The van der Waals surface area contributed by atoms with Crippen LogP contribution in [0.25, 0.3) is 0 Å². The van der Waals surface area contributed by atoms with E-state index >= 15 is 0 Å². The maximum atomic E-state index is 11.2. The number of pyridine rings is 1. The molecule has 0 radical (unpaired) electrons. The first-order valence-electron chi connectivity index (χ1n) is 5.49. The van der Waals surface area contributed by atoms with E-state index in [0.29, 0.717) is 17.3 Å². The van der Waals surface area contributed by atoms with Gasteiger partial charge in [-0.25, -0.2) is 0 Å². The molecule has 0 aromatic carbocycles. The van der Waals surface area contributed by atoms with Gasteiger partial charge in [-0.05, 0) is 13.0 Å². The van der Waals surface area contributed by atoms with Crippen molar-refractivity contribution < 1.29 is 4.79 Å². The lowest BCUT2D eigenvalue weighted by Crippen LogP contribution is -2.30. The molecule has 0 fully saturated rings. The minimum atomic E-state index is -0.684. The lowest BCUT2D eigenvalue weighted by Gasteiger charge is -2.09. The molecule has 0 aliphatic heterocycles. The van der Waals surface area contributed by atoms with Gasteiger partial charge >= 0.3 is 0 Å². The molecule has 0 unspecified atom stereocenters. The van der Waals surface area contributed by atoms with E-state index in [1.165, 1.54) is 10.6 Å². The largest absolute Gasteiger partial charge is 0.365 e. The van der Waals surface area contributed by atoms with Crippen molar-refractivity contribution in [3.63, 3.8) is 0 Å². The van der Waals surface area contributed by atoms with Crippen LogP contribution >= 0.6 is 11.6 Å². The third-order valence-corrected chi connectivity index (χ3v) is 2.74. The minimum absolute atomic E-state index is 0.000671. The first kappa shape index (κ1) is 13.2. The molecule has 2 aromatic heterocycles. The zero-order chi connectivity index (χ0) is 14.0. The maximum Gasteiger partial charge on any atom is 0.252 e. The molecule has 3 N–H and O–H groups in total. The predicted molar refractivity (Wildman–Crippen MR) is 69.7 cm³/mol. The number of hydrogen-bond donors (Lipinski definition) is 2. The SMILES string of the molecule is Cc1cnc(Cn2cc(Cl)cc(C(N)=O)c2=N)cn1. The average Bonchev–Trinajstić information content (AvgIpc) is 2.35. The Morgan fingerprint density at radius 3 is 2.79 bits per heavy atom. The minimum Gasteiger partial charge on any atom is -0.365 e. The average molecular weight is 278 g/mol. The molecule has 2 heterocycles. The number of halogens is 1. The molecule has 98 valence electrons. The molecule has 7 heteroatoms. The van der Waals surface area contributed by atoms with Crippen LogP contribution in [-0.4, -0.2) is 20.4 Å². The molecular formula is C12H12ClN5O. The molecule has 0 aliphatic rings. The number of nitrogens with two attached hydrogens (primary N) is 1. The van der Waals surface area contributed by atoms with Gasteiger partial charge in [-0.3, -0.25) is 20.2 Å². The van der Waals surface area contributed by atoms with Crippen LogP contribution < -0.4 is 11.2 Å². The quantitative estimate of drug-likeness (QED) is 0.871. The molecule has 0 saturated carbocycles. The zero-order valence-corrected chi connectivity index (χ0v) is 11.0. The Labute approximate surface area is 114 Å². The zero-order valence-electron chi connectivity index (χ0n) is 10.2. The van der Waals surface area contributed by atoms with E-state index in [-0.39, 0.29) is 11.1 Å². The van der Waals surface area contributed by atoms with Gasteiger partial charge in [0.25, 0.3) is 5.91 Å². The van der Waals surface area contributed by atoms with Gasteiger partial charge in [0.1, 0.15) is 5.49 Å². The highest BCUT2D eigenvalue weighted by molar-refractivity contribution is 6.30. The van der Waals surface area contributed by atoms with Crippen molar-refractivity contribution in [2.45, 2.75) is 13.5 Å². The Balaban J connectivity index is 2.43. The predicted octanol–water partition coefficient (Wildman–Crippen LogP) is 0.867. The fourth-order valence-electron chi connectivity index (χ4n) is 1.60. The molecule has 0 saturated heterocycles. The first-order chi connectivity index (χ1) is 8.97. The van der Waals surface area contributed by atoms with E-state index in [4.69, 9.17) is 22.7 Å². The van der Waals surface area contributed by atoms with Crippen LogP contribution in [0.4, 0.5) is 0 Å². The Kier molecular flexibility index (Phi) is 3.62. The Morgan fingerprint density at radius 1 is 1.47 bits per heavy atom. The number of carbonyl (C=O) groups excluding carboxylic acids is 1. The van der Waals surface area contributed by atoms with E-state index in [1.807, 2.05) is 6.92 Å². The van der Waals surface area contributed by atoms with Gasteiger partial charge in [-0.2, -0.15) is 0 Å². The van der Waals surface area contributed by atoms with E-state index in [9.17, 15) is 4.79 Å². The molecule has 6 nitrogen and oxygen atoms in total. The molecule has 0 aliphatic carbocycles. The molecule has 1 amide bonds. The smallest absolute Gasteiger partial charge is 0.252 e. The molecule has 2 aromatic rings. The maximum absolute atomic E-state index is 11.2. The van der Waals surface area contributed by atoms with Crippen molar-refractivity contribution >= 4 is 17.5 Å². The van der Waals surface area contributed by atoms with Crippen LogP contribution in [0.15, 0.2) is 24.7 Å². The summed E-state index contributed by atoms with van der Waals surface area (Å²) < 4.78 is 1.50. The standard InChI is InChI=1S/C12H12ClN5O/c1-7-3-17-9(4-16-7)6-18-5-8(13)2-10(11(18)14)12(15)19/h2-5,14H,6H2,1H3,(H2,15,19). The molecule has 0 bridgehead atoms. The van der Waals surface area contributed by atoms with Gasteiger partial charge in [0, 0.05) is 12.4 Å². The van der Waals surface area contributed by atoms with Crippen LogP contribution in [-0.2, 0) is 6.54 Å². The summed E-state index contributed by atoms with van der Waals surface area (Å²) in [6.07, 6.45) is 4.81. The first-order valence-corrected chi connectivity index (χ1v) is 5.87. The second-order valence-electron chi connectivity index (χ2n) is 4.06. The van der Waals surface area contributed by atoms with Crippen LogP contribution in [0.2, 0.25) is 5.02 Å². The number of aryl methyl sites for hydroxylation is 1. The van der Waals surface area contributed by atoms with Crippen molar-refractivity contribution in [3.8, 4) is 0 Å². The van der Waals surface area contributed by atoms with Gasteiger partial charge in [-0.15, -0.1) is 0 Å². The second kappa shape index (κ2) is 5.19. The summed E-state index contributed by atoms with van der Waals surface area (Å²) in [6.45, 7) is 2.14. The van der Waals surface area contributed by atoms with E-state index in [0.717, 1.165) is 5.69 Å². The summed E-state index contributed by atoms with van der Waals surface area (Å²) in [4.78, 5) is 19.5. The van der Waals surface area contributed by atoms with Gasteiger partial charge < -0.3 is 10.3 Å². The molecular weight excluding hydrogens is 266 g/mol. The summed E-state index contributed by atoms with van der Waals surface area (Å²) >= 11 is 5.91. The molecule has 19 heavy (non-hydrogen) atoms. The number of rotatable bonds is 3. The highest BCUT2D eigenvalue weighted by Gasteiger charge is 2.09. The third kappa shape index (κ3) is 2.97. The van der Waals surface area contributed by atoms with Crippen molar-refractivity contribution in [1.29, 1.82) is 5.41 Å². The lowest BCUT2D eigenvalue weighted by molar-refractivity contribution is 0.0998. The molecule has 2 rings (SSSR count). The van der Waals surface area contributed by atoms with Crippen LogP contribution in [0, 0.1) is 12.3 Å². The summed E-state index contributed by atoms with van der Waals surface area (Å²) in [7, 11) is 0. The number of nitrogens with one attached hydrogen (secondary N) is 1. The number of aromatic nitrogens is 3. The van der Waals surface area contributed by atoms with Gasteiger partial charge in [0.15, 0.2) is 0 Å². The Bertz CT molecular complexity index is 678. The normalized spacial score (nSPS) is 10.4. The topological polar surface area (TPSA) is 97.7 Å². The second-order valence-corrected chi connectivity index (χ2v) is 4.50. The fraction of sp³-hybridized carbons (Fsp3) is 0.167. The van der Waals surface area contributed by atoms with E-state index in [2.05, 4.69) is 9.97 Å². The number of primary amides is 1. The molecule has 0 spiro atoms. The highest BCUT2D eigenvalue weighted by atomic mass is 35.5. The summed E-state index contributed by atoms with van der Waals surface area (Å²) in [5.74, 6) is -0.684. The molecule has 0 atom stereocenters. The van der Waals surface area contributed by atoms with Crippen molar-refractivity contribution in [2.75, 3.05) is 0 Å². The number of amides is 1. The summed E-state index contributed by atoms with van der Waals surface area (Å²) in [6, 6.07) is 1.38. The van der Waals surface area contributed by atoms with E-state index in [1.54, 1.807) is 18.6 Å². The van der Waals surface area contributed by atoms with Crippen molar-refractivity contribution in [2.24, 2.45) is 5.73 Å². The number of nitrogens with zero attached hydrogens (tertiary/aromatic N) is 3. The summed E-state index contributed by atoms with van der Waals surface area (Å²) in [5.41, 5.74) is 6.76. The van der Waals surface area contributed by atoms with E-state index < -0.39 is 5.91 Å². The van der Waals surface area contributed by atoms with Crippen LogP contribution in [0.3, 0.4) is 0 Å².